The maximum Gasteiger partial charge on any atom is 0.264 e. The van der Waals surface area contributed by atoms with Gasteiger partial charge in [-0.05, 0) is 69.2 Å². The highest BCUT2D eigenvalue weighted by atomic mass is 35.5. The topological polar surface area (TPSA) is 86.8 Å². The Labute approximate surface area is 230 Å². The number of halogens is 1. The van der Waals surface area contributed by atoms with Crippen molar-refractivity contribution in [2.75, 3.05) is 17.4 Å². The van der Waals surface area contributed by atoms with Crippen LogP contribution in [-0.4, -0.2) is 44.3 Å². The summed E-state index contributed by atoms with van der Waals surface area (Å²) in [5.74, 6) is -0.793. The monoisotopic (exact) mass is 555 g/mol. The highest BCUT2D eigenvalue weighted by Crippen LogP contribution is 2.26. The summed E-state index contributed by atoms with van der Waals surface area (Å²) in [5.41, 5.74) is 3.16. The number of carbonyl (C=O) groups is 2. The van der Waals surface area contributed by atoms with Crippen molar-refractivity contribution in [3.63, 3.8) is 0 Å². The molecular formula is C29H34ClN3O4S. The van der Waals surface area contributed by atoms with Crippen LogP contribution in [0.5, 0.6) is 0 Å². The molecular weight excluding hydrogens is 522 g/mol. The first kappa shape index (κ1) is 29.2. The third kappa shape index (κ3) is 7.36. The highest BCUT2D eigenvalue weighted by Gasteiger charge is 2.32. The van der Waals surface area contributed by atoms with Crippen molar-refractivity contribution in [1.29, 1.82) is 0 Å². The van der Waals surface area contributed by atoms with Gasteiger partial charge in [0.15, 0.2) is 0 Å². The summed E-state index contributed by atoms with van der Waals surface area (Å²) in [6.07, 6.45) is 0.755. The molecule has 0 saturated heterocycles. The maximum atomic E-state index is 13.9. The Bertz CT molecular complexity index is 1360. The second-order valence-electron chi connectivity index (χ2n) is 9.28. The lowest BCUT2D eigenvalue weighted by Gasteiger charge is -2.32. The van der Waals surface area contributed by atoms with Gasteiger partial charge < -0.3 is 10.2 Å². The lowest BCUT2D eigenvalue weighted by molar-refractivity contribution is -0.139. The van der Waals surface area contributed by atoms with Crippen molar-refractivity contribution in [3.8, 4) is 0 Å². The molecule has 0 aliphatic heterocycles. The predicted octanol–water partition coefficient (Wildman–Crippen LogP) is 5.10. The lowest BCUT2D eigenvalue weighted by atomic mass is 10.1. The molecule has 0 fully saturated rings. The Morgan fingerprint density at radius 1 is 0.947 bits per heavy atom. The maximum absolute atomic E-state index is 13.9. The number of benzene rings is 3. The number of hydrogen-bond donors (Lipinski definition) is 1. The zero-order valence-electron chi connectivity index (χ0n) is 22.1. The summed E-state index contributed by atoms with van der Waals surface area (Å²) >= 11 is 5.98. The number of rotatable bonds is 11. The molecule has 0 aromatic heterocycles. The van der Waals surface area contributed by atoms with Crippen molar-refractivity contribution in [2.24, 2.45) is 0 Å². The average Bonchev–Trinajstić information content (AvgIpc) is 2.89. The molecule has 38 heavy (non-hydrogen) atoms. The van der Waals surface area contributed by atoms with Crippen LogP contribution in [0.3, 0.4) is 0 Å². The number of anilines is 1. The van der Waals surface area contributed by atoms with Crippen LogP contribution in [0, 0.1) is 13.8 Å². The van der Waals surface area contributed by atoms with Gasteiger partial charge in [0.1, 0.15) is 12.6 Å². The minimum atomic E-state index is -4.13. The molecule has 0 spiro atoms. The second-order valence-corrected chi connectivity index (χ2v) is 11.6. The fourth-order valence-corrected chi connectivity index (χ4v) is 5.50. The summed E-state index contributed by atoms with van der Waals surface area (Å²) in [4.78, 5) is 28.2. The number of hydrogen-bond acceptors (Lipinski definition) is 4. The summed E-state index contributed by atoms with van der Waals surface area (Å²) in [7, 11) is -4.13. The van der Waals surface area contributed by atoms with Gasteiger partial charge in [0.05, 0.1) is 10.6 Å². The van der Waals surface area contributed by atoms with E-state index in [1.807, 2.05) is 45.0 Å². The van der Waals surface area contributed by atoms with E-state index >= 15 is 0 Å². The third-order valence-corrected chi connectivity index (χ3v) is 8.19. The van der Waals surface area contributed by atoms with Crippen LogP contribution in [0.1, 0.15) is 37.0 Å². The zero-order valence-corrected chi connectivity index (χ0v) is 23.7. The highest BCUT2D eigenvalue weighted by molar-refractivity contribution is 7.92. The molecule has 9 heteroatoms. The van der Waals surface area contributed by atoms with E-state index in [-0.39, 0.29) is 17.3 Å². The van der Waals surface area contributed by atoms with Crippen molar-refractivity contribution in [3.05, 3.63) is 94.5 Å². The third-order valence-electron chi connectivity index (χ3n) is 6.15. The fraction of sp³-hybridized carbons (Fsp3) is 0.310. The molecule has 2 amide bonds. The van der Waals surface area contributed by atoms with Gasteiger partial charge in [-0.1, -0.05) is 66.0 Å². The fourth-order valence-electron chi connectivity index (χ4n) is 3.96. The van der Waals surface area contributed by atoms with Crippen molar-refractivity contribution >= 4 is 39.1 Å². The Balaban J connectivity index is 2.01. The molecule has 0 heterocycles. The van der Waals surface area contributed by atoms with Gasteiger partial charge in [0.2, 0.25) is 11.8 Å². The number of nitrogens with one attached hydrogen (secondary N) is 1. The average molecular weight is 556 g/mol. The van der Waals surface area contributed by atoms with E-state index in [1.54, 1.807) is 31.2 Å². The van der Waals surface area contributed by atoms with Gasteiger partial charge >= 0.3 is 0 Å². The molecule has 3 aromatic rings. The van der Waals surface area contributed by atoms with E-state index in [2.05, 4.69) is 5.32 Å². The Morgan fingerprint density at radius 2 is 1.61 bits per heavy atom. The summed E-state index contributed by atoms with van der Waals surface area (Å²) in [6, 6.07) is 19.6. The number of sulfonamides is 1. The Kier molecular flexibility index (Phi) is 9.94. The molecule has 1 N–H and O–H groups in total. The molecule has 0 saturated carbocycles. The molecule has 0 radical (unpaired) electrons. The van der Waals surface area contributed by atoms with Gasteiger partial charge in [-0.25, -0.2) is 8.42 Å². The van der Waals surface area contributed by atoms with Crippen LogP contribution in [0.25, 0.3) is 0 Å². The standard InChI is InChI=1S/C29H34ClN3O4S/c1-5-17-31-29(35)23(4)32(19-24-8-6-7-22(3)18-24)28(34)20-33(26-13-9-21(2)10-14-26)38(36,37)27-15-11-25(30)12-16-27/h6-16,18,23H,5,17,19-20H2,1-4H3,(H,31,35)/t23-/m0/s1. The number of nitrogens with zero attached hydrogens (tertiary/aromatic N) is 2. The molecule has 3 aromatic carbocycles. The van der Waals surface area contributed by atoms with E-state index in [1.165, 1.54) is 29.2 Å². The molecule has 0 aliphatic carbocycles. The first-order valence-corrected chi connectivity index (χ1v) is 14.3. The van der Waals surface area contributed by atoms with Crippen molar-refractivity contribution in [2.45, 2.75) is 51.6 Å². The number of carbonyl (C=O) groups excluding carboxylic acids is 2. The van der Waals surface area contributed by atoms with Crippen LogP contribution in [0.15, 0.2) is 77.7 Å². The summed E-state index contributed by atoms with van der Waals surface area (Å²) < 4.78 is 28.6. The van der Waals surface area contributed by atoms with Gasteiger partial charge in [0, 0.05) is 18.1 Å². The van der Waals surface area contributed by atoms with Gasteiger partial charge in [-0.15, -0.1) is 0 Å². The van der Waals surface area contributed by atoms with Gasteiger partial charge in [-0.3, -0.25) is 13.9 Å². The zero-order chi connectivity index (χ0) is 27.9. The number of aryl methyl sites for hydroxylation is 2. The molecule has 0 bridgehead atoms. The van der Waals surface area contributed by atoms with E-state index in [0.29, 0.717) is 17.3 Å². The van der Waals surface area contributed by atoms with Crippen LogP contribution in [0.4, 0.5) is 5.69 Å². The van der Waals surface area contributed by atoms with Crippen molar-refractivity contribution < 1.29 is 18.0 Å². The molecule has 1 atom stereocenters. The van der Waals surface area contributed by atoms with E-state index in [0.717, 1.165) is 27.4 Å². The molecule has 3 rings (SSSR count). The van der Waals surface area contributed by atoms with Crippen LogP contribution in [0.2, 0.25) is 5.02 Å². The summed E-state index contributed by atoms with van der Waals surface area (Å²) in [6.45, 7) is 7.60. The predicted molar refractivity (Wildman–Crippen MR) is 152 cm³/mol. The Morgan fingerprint density at radius 3 is 2.21 bits per heavy atom. The summed E-state index contributed by atoms with van der Waals surface area (Å²) in [5, 5.41) is 3.24. The van der Waals surface area contributed by atoms with Crippen molar-refractivity contribution in [1.82, 2.24) is 10.2 Å². The first-order valence-electron chi connectivity index (χ1n) is 12.5. The van der Waals surface area contributed by atoms with Gasteiger partial charge in [-0.2, -0.15) is 0 Å². The van der Waals surface area contributed by atoms with E-state index < -0.39 is 28.5 Å². The smallest absolute Gasteiger partial charge is 0.264 e. The van der Waals surface area contributed by atoms with E-state index in [4.69, 9.17) is 11.6 Å². The van der Waals surface area contributed by atoms with Crippen LogP contribution >= 0.6 is 11.6 Å². The normalized spacial score (nSPS) is 12.0. The van der Waals surface area contributed by atoms with Crippen LogP contribution in [-0.2, 0) is 26.2 Å². The van der Waals surface area contributed by atoms with Crippen LogP contribution < -0.4 is 9.62 Å². The molecule has 202 valence electrons. The quantitative estimate of drug-likeness (QED) is 0.357. The minimum Gasteiger partial charge on any atom is -0.354 e. The largest absolute Gasteiger partial charge is 0.354 e. The minimum absolute atomic E-state index is 0.00856. The Hall–Kier alpha value is -3.36. The SMILES string of the molecule is CCCNC(=O)[C@H](C)N(Cc1cccc(C)c1)C(=O)CN(c1ccc(C)cc1)S(=O)(=O)c1ccc(Cl)cc1. The molecule has 0 unspecified atom stereocenters. The van der Waals surface area contributed by atoms with Gasteiger partial charge in [0.25, 0.3) is 10.0 Å². The van der Waals surface area contributed by atoms with E-state index in [9.17, 15) is 18.0 Å². The lowest BCUT2D eigenvalue weighted by Crippen LogP contribution is -2.51. The molecule has 7 nitrogen and oxygen atoms in total. The first-order chi connectivity index (χ1) is 18.0. The second kappa shape index (κ2) is 12.9. The molecule has 0 aliphatic rings. The number of amides is 2.